The number of nitrogens with zero attached hydrogens (tertiary/aromatic N) is 2. The molecular weight excluding hydrogens is 244 g/mol. The summed E-state index contributed by atoms with van der Waals surface area (Å²) in [5, 5.41) is 8.53. The van der Waals surface area contributed by atoms with Crippen LogP contribution in [0.4, 0.5) is 0 Å². The number of nitriles is 1. The number of carbonyl (C=O) groups is 1. The van der Waals surface area contributed by atoms with Crippen LogP contribution in [0.5, 0.6) is 11.5 Å². The predicted molar refractivity (Wildman–Crippen MR) is 71.2 cm³/mol. The number of carbonyl (C=O) groups excluding carboxylic acids is 1. The van der Waals surface area contributed by atoms with E-state index in [0.717, 1.165) is 11.1 Å². The van der Waals surface area contributed by atoms with Gasteiger partial charge in [-0.15, -0.1) is 0 Å². The summed E-state index contributed by atoms with van der Waals surface area (Å²) in [7, 11) is 4.79. The summed E-state index contributed by atoms with van der Waals surface area (Å²) >= 11 is 0. The maximum absolute atomic E-state index is 11.2. The van der Waals surface area contributed by atoms with Gasteiger partial charge in [0.25, 0.3) is 0 Å². The van der Waals surface area contributed by atoms with Gasteiger partial charge in [0.1, 0.15) is 0 Å². The van der Waals surface area contributed by atoms with Crippen molar-refractivity contribution < 1.29 is 14.3 Å². The fourth-order valence-corrected chi connectivity index (χ4v) is 1.77. The molecule has 1 rings (SSSR count). The number of hydrogen-bond acceptors (Lipinski definition) is 4. The Morgan fingerprint density at radius 1 is 1.32 bits per heavy atom. The summed E-state index contributed by atoms with van der Waals surface area (Å²) in [5.41, 5.74) is 2.13. The number of likely N-dealkylation sites (N-methyl/N-ethyl adjacent to an activating group) is 1. The molecule has 0 unspecified atom stereocenters. The van der Waals surface area contributed by atoms with Crippen LogP contribution in [-0.2, 0) is 11.2 Å². The van der Waals surface area contributed by atoms with Crippen LogP contribution >= 0.6 is 0 Å². The van der Waals surface area contributed by atoms with Crippen LogP contribution in [0.15, 0.2) is 12.1 Å². The molecule has 0 fully saturated rings. The quantitative estimate of drug-likeness (QED) is 0.755. The summed E-state index contributed by atoms with van der Waals surface area (Å²) in [6, 6.07) is 5.40. The molecule has 0 aliphatic rings. The molecule has 0 aromatic heterocycles. The molecule has 0 atom stereocenters. The first kappa shape index (κ1) is 14.8. The molecule has 1 aromatic rings. The SMILES string of the molecule is COc1cc(C)c(CCN(C)C(=O)C#N)cc1OC. The molecule has 5 heteroatoms. The highest BCUT2D eigenvalue weighted by molar-refractivity contribution is 5.90. The Balaban J connectivity index is 2.85. The lowest BCUT2D eigenvalue weighted by Crippen LogP contribution is -2.27. The van der Waals surface area contributed by atoms with Crippen molar-refractivity contribution in [3.05, 3.63) is 23.3 Å². The molecule has 0 saturated heterocycles. The van der Waals surface area contributed by atoms with E-state index in [-0.39, 0.29) is 0 Å². The maximum Gasteiger partial charge on any atom is 0.324 e. The van der Waals surface area contributed by atoms with Crippen molar-refractivity contribution in [2.45, 2.75) is 13.3 Å². The molecular formula is C14H18N2O3. The average Bonchev–Trinajstić information content (AvgIpc) is 2.44. The Bertz CT molecular complexity index is 506. The van der Waals surface area contributed by atoms with Crippen LogP contribution in [-0.4, -0.2) is 38.6 Å². The fraction of sp³-hybridized carbons (Fsp3) is 0.429. The zero-order valence-corrected chi connectivity index (χ0v) is 11.7. The van der Waals surface area contributed by atoms with Crippen molar-refractivity contribution in [1.82, 2.24) is 4.90 Å². The maximum atomic E-state index is 11.2. The van der Waals surface area contributed by atoms with E-state index in [1.165, 1.54) is 4.90 Å². The molecule has 0 aliphatic heterocycles. The van der Waals surface area contributed by atoms with Crippen molar-refractivity contribution in [2.75, 3.05) is 27.8 Å². The molecule has 0 aliphatic carbocycles. The Hall–Kier alpha value is -2.22. The number of benzene rings is 1. The molecule has 0 spiro atoms. The minimum absolute atomic E-state index is 0.489. The molecule has 1 aromatic carbocycles. The van der Waals surface area contributed by atoms with E-state index in [4.69, 9.17) is 14.7 Å². The highest BCUT2D eigenvalue weighted by Crippen LogP contribution is 2.30. The van der Waals surface area contributed by atoms with Gasteiger partial charge in [0.2, 0.25) is 0 Å². The van der Waals surface area contributed by atoms with E-state index in [2.05, 4.69) is 0 Å². The number of hydrogen-bond donors (Lipinski definition) is 0. The van der Waals surface area contributed by atoms with E-state index in [1.807, 2.05) is 19.1 Å². The van der Waals surface area contributed by atoms with E-state index in [1.54, 1.807) is 27.3 Å². The first-order chi connectivity index (χ1) is 9.03. The summed E-state index contributed by atoms with van der Waals surface area (Å²) in [6.45, 7) is 2.46. The van der Waals surface area contributed by atoms with Crippen LogP contribution in [0.3, 0.4) is 0 Å². The largest absolute Gasteiger partial charge is 0.493 e. The molecule has 0 saturated carbocycles. The minimum Gasteiger partial charge on any atom is -0.493 e. The highest BCUT2D eigenvalue weighted by Gasteiger charge is 2.11. The van der Waals surface area contributed by atoms with Gasteiger partial charge in [0, 0.05) is 13.6 Å². The van der Waals surface area contributed by atoms with E-state index < -0.39 is 5.91 Å². The predicted octanol–water partition coefficient (Wildman–Crippen LogP) is 1.54. The number of amides is 1. The molecule has 1 amide bonds. The zero-order chi connectivity index (χ0) is 14.4. The third kappa shape index (κ3) is 3.62. The number of ether oxygens (including phenoxy) is 2. The normalized spacial score (nSPS) is 9.63. The second kappa shape index (κ2) is 6.64. The lowest BCUT2D eigenvalue weighted by atomic mass is 10.0. The Kier molecular flexibility index (Phi) is 5.19. The lowest BCUT2D eigenvalue weighted by Gasteiger charge is -2.16. The van der Waals surface area contributed by atoms with E-state index in [0.29, 0.717) is 24.5 Å². The van der Waals surface area contributed by atoms with Crippen LogP contribution in [0.2, 0.25) is 0 Å². The lowest BCUT2D eigenvalue weighted by molar-refractivity contribution is -0.124. The Morgan fingerprint density at radius 3 is 2.42 bits per heavy atom. The monoisotopic (exact) mass is 262 g/mol. The van der Waals surface area contributed by atoms with Crippen LogP contribution in [0.25, 0.3) is 0 Å². The third-order valence-corrected chi connectivity index (χ3v) is 3.00. The van der Waals surface area contributed by atoms with Gasteiger partial charge in [-0.3, -0.25) is 4.79 Å². The smallest absolute Gasteiger partial charge is 0.324 e. The molecule has 0 N–H and O–H groups in total. The van der Waals surface area contributed by atoms with Gasteiger partial charge in [-0.1, -0.05) is 0 Å². The highest BCUT2D eigenvalue weighted by atomic mass is 16.5. The first-order valence-electron chi connectivity index (χ1n) is 5.90. The average molecular weight is 262 g/mol. The van der Waals surface area contributed by atoms with Gasteiger partial charge in [-0.25, -0.2) is 0 Å². The Morgan fingerprint density at radius 2 is 1.89 bits per heavy atom. The fourth-order valence-electron chi connectivity index (χ4n) is 1.77. The van der Waals surface area contributed by atoms with Gasteiger partial charge in [0.05, 0.1) is 14.2 Å². The Labute approximate surface area is 113 Å². The van der Waals surface area contributed by atoms with Crippen LogP contribution in [0.1, 0.15) is 11.1 Å². The minimum atomic E-state index is -0.530. The molecule has 102 valence electrons. The van der Waals surface area contributed by atoms with Gasteiger partial charge in [-0.05, 0) is 36.6 Å². The van der Waals surface area contributed by atoms with Gasteiger partial charge >= 0.3 is 5.91 Å². The summed E-state index contributed by atoms with van der Waals surface area (Å²) < 4.78 is 10.5. The third-order valence-electron chi connectivity index (χ3n) is 3.00. The van der Waals surface area contributed by atoms with Gasteiger partial charge in [-0.2, -0.15) is 5.26 Å². The van der Waals surface area contributed by atoms with Gasteiger partial charge in [0.15, 0.2) is 17.6 Å². The summed E-state index contributed by atoms with van der Waals surface area (Å²) in [6.07, 6.45) is 0.663. The second-order valence-corrected chi connectivity index (χ2v) is 4.22. The van der Waals surface area contributed by atoms with Crippen molar-refractivity contribution in [1.29, 1.82) is 5.26 Å². The van der Waals surface area contributed by atoms with Crippen molar-refractivity contribution in [2.24, 2.45) is 0 Å². The zero-order valence-electron chi connectivity index (χ0n) is 11.7. The number of aryl methyl sites for hydroxylation is 1. The topological polar surface area (TPSA) is 62.6 Å². The standard InChI is InChI=1S/C14H18N2O3/c1-10-7-12(18-3)13(19-4)8-11(10)5-6-16(2)14(17)9-15/h7-8H,5-6H2,1-4H3. The van der Waals surface area contributed by atoms with E-state index in [9.17, 15) is 4.79 Å². The van der Waals surface area contributed by atoms with E-state index >= 15 is 0 Å². The summed E-state index contributed by atoms with van der Waals surface area (Å²) in [4.78, 5) is 12.6. The summed E-state index contributed by atoms with van der Waals surface area (Å²) in [5.74, 6) is 0.820. The first-order valence-corrected chi connectivity index (χ1v) is 5.90. The van der Waals surface area contributed by atoms with Gasteiger partial charge < -0.3 is 14.4 Å². The number of methoxy groups -OCH3 is 2. The van der Waals surface area contributed by atoms with Crippen molar-refractivity contribution in [3.8, 4) is 17.6 Å². The molecule has 19 heavy (non-hydrogen) atoms. The number of rotatable bonds is 5. The van der Waals surface area contributed by atoms with Crippen LogP contribution < -0.4 is 9.47 Å². The second-order valence-electron chi connectivity index (χ2n) is 4.22. The van der Waals surface area contributed by atoms with Crippen LogP contribution in [0, 0.1) is 18.3 Å². The molecule has 0 heterocycles. The van der Waals surface area contributed by atoms with Crippen molar-refractivity contribution in [3.63, 3.8) is 0 Å². The molecule has 5 nitrogen and oxygen atoms in total. The molecule has 0 bridgehead atoms. The molecule has 0 radical (unpaired) electrons. The van der Waals surface area contributed by atoms with Crippen molar-refractivity contribution >= 4 is 5.91 Å².